The molecule has 0 atom stereocenters. The quantitative estimate of drug-likeness (QED) is 0.799. The highest BCUT2D eigenvalue weighted by Crippen LogP contribution is 2.42. The molecule has 3 rings (SSSR count). The molecule has 1 aliphatic rings. The molecule has 1 aliphatic carbocycles. The second-order valence-electron chi connectivity index (χ2n) is 5.30. The molecule has 0 fully saturated rings. The molecule has 0 saturated heterocycles. The third-order valence-electron chi connectivity index (χ3n) is 3.67. The molecule has 0 aromatic heterocycles. The highest BCUT2D eigenvalue weighted by molar-refractivity contribution is 5.78. The van der Waals surface area contributed by atoms with Crippen LogP contribution in [0.1, 0.15) is 31.0 Å². The Morgan fingerprint density at radius 1 is 0.947 bits per heavy atom. The second-order valence-corrected chi connectivity index (χ2v) is 5.30. The number of nitrogens with one attached hydrogen (secondary N) is 1. The van der Waals surface area contributed by atoms with Crippen molar-refractivity contribution in [3.8, 4) is 11.1 Å². The fraction of sp³-hybridized carbons (Fsp3) is 0.222. The van der Waals surface area contributed by atoms with Crippen LogP contribution in [0.5, 0.6) is 0 Å². The van der Waals surface area contributed by atoms with Crippen molar-refractivity contribution in [3.63, 3.8) is 0 Å². The van der Waals surface area contributed by atoms with Gasteiger partial charge in [0.15, 0.2) is 0 Å². The third-order valence-corrected chi connectivity index (χ3v) is 3.67. The normalized spacial score (nSPS) is 12.9. The Balaban J connectivity index is 1.98. The van der Waals surface area contributed by atoms with Gasteiger partial charge in [-0.25, -0.2) is 0 Å². The lowest BCUT2D eigenvalue weighted by molar-refractivity contribution is 0.664. The Labute approximate surface area is 115 Å². The summed E-state index contributed by atoms with van der Waals surface area (Å²) in [6.07, 6.45) is 2.24. The van der Waals surface area contributed by atoms with Gasteiger partial charge in [-0.05, 0) is 36.1 Å². The monoisotopic (exact) mass is 249 g/mol. The topological polar surface area (TPSA) is 12.0 Å². The summed E-state index contributed by atoms with van der Waals surface area (Å²) in [5.41, 5.74) is 6.88. The van der Waals surface area contributed by atoms with E-state index in [1.165, 1.54) is 27.8 Å². The van der Waals surface area contributed by atoms with E-state index in [2.05, 4.69) is 73.8 Å². The molecule has 1 N–H and O–H groups in total. The van der Waals surface area contributed by atoms with E-state index in [0.717, 1.165) is 6.54 Å². The molecule has 2 aromatic rings. The van der Waals surface area contributed by atoms with Crippen LogP contribution in [0.3, 0.4) is 0 Å². The minimum absolute atomic E-state index is 0.322. The van der Waals surface area contributed by atoms with E-state index >= 15 is 0 Å². The third kappa shape index (κ3) is 2.22. The van der Waals surface area contributed by atoms with Crippen LogP contribution in [0.25, 0.3) is 11.1 Å². The molecule has 19 heavy (non-hydrogen) atoms. The number of benzene rings is 2. The first-order valence-electron chi connectivity index (χ1n) is 6.82. The summed E-state index contributed by atoms with van der Waals surface area (Å²) in [4.78, 5) is 0. The number of allylic oxidation sites excluding steroid dienone is 1. The Morgan fingerprint density at radius 3 is 2.00 bits per heavy atom. The standard InChI is InChI=1S/C18H19N/c1-13(2)11-12-19-18-16-9-5-3-7-14(16)15-8-4-6-10-17(15)18/h3-11,18-19H,12H2,1-2H3. The number of hydrogen-bond donors (Lipinski definition) is 1. The van der Waals surface area contributed by atoms with Crippen molar-refractivity contribution in [1.29, 1.82) is 0 Å². The van der Waals surface area contributed by atoms with Gasteiger partial charge in [0.25, 0.3) is 0 Å². The van der Waals surface area contributed by atoms with E-state index in [0.29, 0.717) is 6.04 Å². The highest BCUT2D eigenvalue weighted by atomic mass is 14.9. The van der Waals surface area contributed by atoms with Crippen molar-refractivity contribution in [2.24, 2.45) is 0 Å². The van der Waals surface area contributed by atoms with E-state index in [4.69, 9.17) is 0 Å². The lowest BCUT2D eigenvalue weighted by atomic mass is 10.1. The molecule has 0 bridgehead atoms. The SMILES string of the molecule is CC(C)=CCNC1c2ccccc2-c2ccccc21. The van der Waals surface area contributed by atoms with Crippen LogP contribution in [0.2, 0.25) is 0 Å². The van der Waals surface area contributed by atoms with Crippen LogP contribution in [-0.4, -0.2) is 6.54 Å². The summed E-state index contributed by atoms with van der Waals surface area (Å²) in [5, 5.41) is 3.65. The highest BCUT2D eigenvalue weighted by Gasteiger charge is 2.26. The summed E-state index contributed by atoms with van der Waals surface area (Å²) < 4.78 is 0. The van der Waals surface area contributed by atoms with Crippen molar-refractivity contribution < 1.29 is 0 Å². The average molecular weight is 249 g/mol. The summed E-state index contributed by atoms with van der Waals surface area (Å²) >= 11 is 0. The molecule has 1 heteroatoms. The Kier molecular flexibility index (Phi) is 3.22. The summed E-state index contributed by atoms with van der Waals surface area (Å²) in [5.74, 6) is 0. The van der Waals surface area contributed by atoms with E-state index in [1.807, 2.05) is 0 Å². The fourth-order valence-corrected chi connectivity index (χ4v) is 2.76. The van der Waals surface area contributed by atoms with Crippen molar-refractivity contribution in [1.82, 2.24) is 5.32 Å². The summed E-state index contributed by atoms with van der Waals surface area (Å²) in [6.45, 7) is 5.19. The Hall–Kier alpha value is -1.86. The van der Waals surface area contributed by atoms with Crippen LogP contribution in [0, 0.1) is 0 Å². The summed E-state index contributed by atoms with van der Waals surface area (Å²) in [7, 11) is 0. The maximum atomic E-state index is 3.65. The molecule has 0 spiro atoms. The van der Waals surface area contributed by atoms with Gasteiger partial charge in [0.05, 0.1) is 6.04 Å². The maximum absolute atomic E-state index is 3.65. The van der Waals surface area contributed by atoms with Crippen LogP contribution < -0.4 is 5.32 Å². The minimum Gasteiger partial charge on any atom is -0.303 e. The van der Waals surface area contributed by atoms with Gasteiger partial charge in [-0.1, -0.05) is 60.2 Å². The van der Waals surface area contributed by atoms with Crippen molar-refractivity contribution >= 4 is 0 Å². The molecule has 0 saturated carbocycles. The molecular formula is C18H19N. The molecule has 0 heterocycles. The molecular weight excluding hydrogens is 230 g/mol. The van der Waals surface area contributed by atoms with Crippen molar-refractivity contribution in [3.05, 3.63) is 71.3 Å². The lowest BCUT2D eigenvalue weighted by Crippen LogP contribution is -2.20. The smallest absolute Gasteiger partial charge is 0.0591 e. The first-order valence-corrected chi connectivity index (χ1v) is 6.82. The minimum atomic E-state index is 0.322. The van der Waals surface area contributed by atoms with Gasteiger partial charge < -0.3 is 5.32 Å². The van der Waals surface area contributed by atoms with E-state index in [-0.39, 0.29) is 0 Å². The Bertz CT molecular complexity index is 576. The van der Waals surface area contributed by atoms with Gasteiger partial charge in [-0.3, -0.25) is 0 Å². The van der Waals surface area contributed by atoms with E-state index < -0.39 is 0 Å². The van der Waals surface area contributed by atoms with Crippen LogP contribution in [0.4, 0.5) is 0 Å². The average Bonchev–Trinajstić information content (AvgIpc) is 2.74. The maximum Gasteiger partial charge on any atom is 0.0591 e. The zero-order valence-electron chi connectivity index (χ0n) is 11.5. The predicted octanol–water partition coefficient (Wildman–Crippen LogP) is 4.31. The van der Waals surface area contributed by atoms with Crippen LogP contribution >= 0.6 is 0 Å². The van der Waals surface area contributed by atoms with Gasteiger partial charge in [0.1, 0.15) is 0 Å². The van der Waals surface area contributed by atoms with Crippen LogP contribution in [-0.2, 0) is 0 Å². The zero-order valence-corrected chi connectivity index (χ0v) is 11.5. The first kappa shape index (κ1) is 12.2. The Morgan fingerprint density at radius 2 is 1.47 bits per heavy atom. The molecule has 0 unspecified atom stereocenters. The number of hydrogen-bond acceptors (Lipinski definition) is 1. The van der Waals surface area contributed by atoms with Gasteiger partial charge in [-0.15, -0.1) is 0 Å². The lowest BCUT2D eigenvalue weighted by Gasteiger charge is -2.14. The van der Waals surface area contributed by atoms with Crippen molar-refractivity contribution in [2.75, 3.05) is 6.54 Å². The zero-order chi connectivity index (χ0) is 13.2. The largest absolute Gasteiger partial charge is 0.303 e. The molecule has 0 aliphatic heterocycles. The molecule has 2 aromatic carbocycles. The van der Waals surface area contributed by atoms with E-state index in [1.54, 1.807) is 0 Å². The second kappa shape index (κ2) is 5.02. The fourth-order valence-electron chi connectivity index (χ4n) is 2.76. The van der Waals surface area contributed by atoms with Crippen LogP contribution in [0.15, 0.2) is 60.2 Å². The van der Waals surface area contributed by atoms with Crippen molar-refractivity contribution in [2.45, 2.75) is 19.9 Å². The summed E-state index contributed by atoms with van der Waals surface area (Å²) in [6, 6.07) is 17.7. The first-order chi connectivity index (χ1) is 9.27. The van der Waals surface area contributed by atoms with Gasteiger partial charge >= 0.3 is 0 Å². The number of fused-ring (bicyclic) bond motifs is 3. The predicted molar refractivity (Wildman–Crippen MR) is 81.2 cm³/mol. The molecule has 96 valence electrons. The molecule has 0 radical (unpaired) electrons. The van der Waals surface area contributed by atoms with Gasteiger partial charge in [0, 0.05) is 6.54 Å². The molecule has 1 nitrogen and oxygen atoms in total. The van der Waals surface area contributed by atoms with Gasteiger partial charge in [0.2, 0.25) is 0 Å². The number of rotatable bonds is 3. The molecule has 0 amide bonds. The van der Waals surface area contributed by atoms with Gasteiger partial charge in [-0.2, -0.15) is 0 Å². The van der Waals surface area contributed by atoms with E-state index in [9.17, 15) is 0 Å².